The predicted octanol–water partition coefficient (Wildman–Crippen LogP) is 3.17. The summed E-state index contributed by atoms with van der Waals surface area (Å²) in [5.41, 5.74) is 2.55. The molecule has 31 heavy (non-hydrogen) atoms. The van der Waals surface area contributed by atoms with Crippen LogP contribution in [-0.4, -0.2) is 60.9 Å². The van der Waals surface area contributed by atoms with Crippen LogP contribution in [0.1, 0.15) is 39.0 Å². The van der Waals surface area contributed by atoms with Gasteiger partial charge in [0, 0.05) is 19.8 Å². The monoisotopic (exact) mass is 465 g/mol. The Morgan fingerprint density at radius 2 is 1.94 bits per heavy atom. The molecule has 9 nitrogen and oxygen atoms in total. The number of oxazole rings is 1. The minimum atomic E-state index is -3.60. The van der Waals surface area contributed by atoms with Crippen molar-refractivity contribution in [1.82, 2.24) is 14.3 Å². The standard InChI is InChI=1S/C20H23N3O6S2/c1-10-16(19(25)28-6)11(2)21-17(10)18(24)12(3)30-20-22-14-9-13(7-8-15(14)29-20)31(26,27)23(4)5/h7-9,12,21H,1-6H3. The molecule has 2 heterocycles. The normalized spacial score (nSPS) is 13.0. The van der Waals surface area contributed by atoms with Crippen molar-refractivity contribution in [3.8, 4) is 0 Å². The van der Waals surface area contributed by atoms with Gasteiger partial charge in [-0.25, -0.2) is 22.5 Å². The molecule has 1 aromatic carbocycles. The van der Waals surface area contributed by atoms with Crippen molar-refractivity contribution in [3.05, 3.63) is 40.7 Å². The van der Waals surface area contributed by atoms with E-state index in [2.05, 4.69) is 9.97 Å². The van der Waals surface area contributed by atoms with E-state index in [9.17, 15) is 18.0 Å². The van der Waals surface area contributed by atoms with Crippen LogP contribution in [0.2, 0.25) is 0 Å². The van der Waals surface area contributed by atoms with Crippen LogP contribution in [0.15, 0.2) is 32.7 Å². The van der Waals surface area contributed by atoms with E-state index < -0.39 is 21.2 Å². The van der Waals surface area contributed by atoms with Crippen molar-refractivity contribution in [3.63, 3.8) is 0 Å². The number of H-pyrrole nitrogens is 1. The Morgan fingerprint density at radius 1 is 1.26 bits per heavy atom. The van der Waals surface area contributed by atoms with Crippen LogP contribution in [0, 0.1) is 13.8 Å². The molecule has 0 saturated carbocycles. The molecular weight excluding hydrogens is 442 g/mol. The highest BCUT2D eigenvalue weighted by Gasteiger charge is 2.27. The molecule has 0 radical (unpaired) electrons. The van der Waals surface area contributed by atoms with Gasteiger partial charge in [0.05, 0.1) is 28.5 Å². The molecule has 0 spiro atoms. The van der Waals surface area contributed by atoms with Crippen molar-refractivity contribution < 1.29 is 27.2 Å². The average molecular weight is 466 g/mol. The summed E-state index contributed by atoms with van der Waals surface area (Å²) in [5.74, 6) is -0.730. The molecule has 2 aromatic heterocycles. The smallest absolute Gasteiger partial charge is 0.339 e. The molecule has 0 fully saturated rings. The van der Waals surface area contributed by atoms with Gasteiger partial charge in [-0.2, -0.15) is 0 Å². The van der Waals surface area contributed by atoms with Gasteiger partial charge in [-0.3, -0.25) is 4.79 Å². The Labute approximate surface area is 184 Å². The fourth-order valence-electron chi connectivity index (χ4n) is 3.12. The van der Waals surface area contributed by atoms with Gasteiger partial charge in [0.2, 0.25) is 10.0 Å². The Kier molecular flexibility index (Phi) is 6.30. The zero-order valence-electron chi connectivity index (χ0n) is 18.0. The van der Waals surface area contributed by atoms with E-state index in [4.69, 9.17) is 9.15 Å². The van der Waals surface area contributed by atoms with Crippen molar-refractivity contribution in [2.75, 3.05) is 21.2 Å². The van der Waals surface area contributed by atoms with Gasteiger partial charge < -0.3 is 14.1 Å². The minimum Gasteiger partial charge on any atom is -0.465 e. The average Bonchev–Trinajstić information content (AvgIpc) is 3.25. The molecule has 0 aliphatic rings. The van der Waals surface area contributed by atoms with E-state index in [1.165, 1.54) is 39.4 Å². The lowest BCUT2D eigenvalue weighted by atomic mass is 10.1. The van der Waals surface area contributed by atoms with E-state index in [1.807, 2.05) is 0 Å². The van der Waals surface area contributed by atoms with E-state index in [0.29, 0.717) is 33.6 Å². The number of carbonyl (C=O) groups is 2. The quantitative estimate of drug-likeness (QED) is 0.321. The Hall–Kier alpha value is -2.63. The molecule has 3 rings (SSSR count). The van der Waals surface area contributed by atoms with E-state index in [0.717, 1.165) is 16.1 Å². The highest BCUT2D eigenvalue weighted by molar-refractivity contribution is 8.00. The number of sulfonamides is 1. The van der Waals surface area contributed by atoms with Gasteiger partial charge in [-0.1, -0.05) is 11.8 Å². The van der Waals surface area contributed by atoms with Crippen LogP contribution in [0.25, 0.3) is 11.1 Å². The number of fused-ring (bicyclic) bond motifs is 1. The van der Waals surface area contributed by atoms with E-state index >= 15 is 0 Å². The maximum Gasteiger partial charge on any atom is 0.339 e. The summed E-state index contributed by atoms with van der Waals surface area (Å²) in [6, 6.07) is 4.42. The number of carbonyl (C=O) groups excluding carboxylic acids is 2. The number of aryl methyl sites for hydroxylation is 1. The molecule has 1 N–H and O–H groups in total. The summed E-state index contributed by atoms with van der Waals surface area (Å²) in [6.45, 7) is 5.10. The number of benzene rings is 1. The zero-order valence-corrected chi connectivity index (χ0v) is 19.6. The molecule has 0 saturated heterocycles. The lowest BCUT2D eigenvalue weighted by molar-refractivity contribution is 0.0599. The molecule has 166 valence electrons. The highest BCUT2D eigenvalue weighted by Crippen LogP contribution is 2.31. The summed E-state index contributed by atoms with van der Waals surface area (Å²) in [6.07, 6.45) is 0. The lowest BCUT2D eigenvalue weighted by Crippen LogP contribution is -2.22. The molecule has 0 bridgehead atoms. The number of esters is 1. The number of aromatic amines is 1. The predicted molar refractivity (Wildman–Crippen MR) is 116 cm³/mol. The molecular formula is C20H23N3O6S2. The topological polar surface area (TPSA) is 123 Å². The number of aromatic nitrogens is 2. The number of thioether (sulfide) groups is 1. The number of ketones is 1. The molecule has 0 aliphatic carbocycles. The zero-order chi connectivity index (χ0) is 23.1. The first-order chi connectivity index (χ1) is 14.5. The van der Waals surface area contributed by atoms with Crippen LogP contribution in [0.4, 0.5) is 0 Å². The second kappa shape index (κ2) is 8.48. The van der Waals surface area contributed by atoms with Gasteiger partial charge in [-0.05, 0) is 44.5 Å². The first kappa shape index (κ1) is 23.0. The first-order valence-electron chi connectivity index (χ1n) is 9.28. The van der Waals surface area contributed by atoms with Gasteiger partial charge >= 0.3 is 5.97 Å². The summed E-state index contributed by atoms with van der Waals surface area (Å²) >= 11 is 1.11. The number of hydrogen-bond donors (Lipinski definition) is 1. The fourth-order valence-corrected chi connectivity index (χ4v) is 4.86. The Bertz CT molecular complexity index is 1270. The third-order valence-corrected chi connectivity index (χ3v) is 7.59. The van der Waals surface area contributed by atoms with Crippen LogP contribution >= 0.6 is 11.8 Å². The lowest BCUT2D eigenvalue weighted by Gasteiger charge is -2.10. The van der Waals surface area contributed by atoms with Gasteiger partial charge in [-0.15, -0.1) is 0 Å². The number of methoxy groups -OCH3 is 1. The van der Waals surface area contributed by atoms with E-state index in [-0.39, 0.29) is 15.9 Å². The third kappa shape index (κ3) is 4.25. The number of nitrogens with one attached hydrogen (secondary N) is 1. The van der Waals surface area contributed by atoms with Crippen LogP contribution in [-0.2, 0) is 14.8 Å². The third-order valence-electron chi connectivity index (χ3n) is 4.84. The second-order valence-electron chi connectivity index (χ2n) is 7.14. The molecule has 0 aliphatic heterocycles. The summed E-state index contributed by atoms with van der Waals surface area (Å²) in [4.78, 5) is 32.3. The summed E-state index contributed by atoms with van der Waals surface area (Å²) < 4.78 is 36.2. The molecule has 1 atom stereocenters. The van der Waals surface area contributed by atoms with Crippen LogP contribution in [0.5, 0.6) is 0 Å². The van der Waals surface area contributed by atoms with Crippen LogP contribution in [0.3, 0.4) is 0 Å². The Balaban J connectivity index is 1.86. The largest absolute Gasteiger partial charge is 0.465 e. The summed E-state index contributed by atoms with van der Waals surface area (Å²) in [7, 11) is 0.592. The minimum absolute atomic E-state index is 0.104. The van der Waals surface area contributed by atoms with Crippen molar-refractivity contribution in [2.45, 2.75) is 36.1 Å². The summed E-state index contributed by atoms with van der Waals surface area (Å²) in [5, 5.41) is -0.329. The fraction of sp³-hybridized carbons (Fsp3) is 0.350. The van der Waals surface area contributed by atoms with Gasteiger partial charge in [0.1, 0.15) is 5.52 Å². The highest BCUT2D eigenvalue weighted by atomic mass is 32.2. The van der Waals surface area contributed by atoms with Gasteiger partial charge in [0.15, 0.2) is 11.4 Å². The van der Waals surface area contributed by atoms with Crippen molar-refractivity contribution >= 4 is 44.6 Å². The number of nitrogens with zero attached hydrogens (tertiary/aromatic N) is 2. The molecule has 11 heteroatoms. The maximum atomic E-state index is 13.0. The van der Waals surface area contributed by atoms with Crippen molar-refractivity contribution in [1.29, 1.82) is 0 Å². The molecule has 3 aromatic rings. The SMILES string of the molecule is COC(=O)c1c(C)[nH]c(C(=O)C(C)Sc2nc3cc(S(=O)(=O)N(C)C)ccc3o2)c1C. The van der Waals surface area contributed by atoms with E-state index in [1.54, 1.807) is 20.8 Å². The number of hydrogen-bond acceptors (Lipinski definition) is 8. The molecule has 0 amide bonds. The van der Waals surface area contributed by atoms with Gasteiger partial charge in [0.25, 0.3) is 5.22 Å². The number of Topliss-reactive ketones (excluding diaryl/α,β-unsaturated/α-hetero) is 1. The Morgan fingerprint density at radius 3 is 2.55 bits per heavy atom. The van der Waals surface area contributed by atoms with Crippen LogP contribution < -0.4 is 0 Å². The first-order valence-corrected chi connectivity index (χ1v) is 11.6. The number of rotatable bonds is 7. The van der Waals surface area contributed by atoms with Crippen molar-refractivity contribution in [2.24, 2.45) is 0 Å². The second-order valence-corrected chi connectivity index (χ2v) is 10.6. The number of ether oxygens (including phenoxy) is 1. The maximum absolute atomic E-state index is 13.0. The molecule has 1 unspecified atom stereocenters.